The summed E-state index contributed by atoms with van der Waals surface area (Å²) in [7, 11) is 3.70. The summed E-state index contributed by atoms with van der Waals surface area (Å²) in [5.41, 5.74) is 1.10. The van der Waals surface area contributed by atoms with Crippen molar-refractivity contribution < 1.29 is 49.4 Å². The third kappa shape index (κ3) is 5.22. The van der Waals surface area contributed by atoms with Crippen LogP contribution in [0.3, 0.4) is 0 Å². The number of nitrogens with two attached hydrogens (primary N) is 1. The van der Waals surface area contributed by atoms with Gasteiger partial charge in [0.25, 0.3) is 5.91 Å². The van der Waals surface area contributed by atoms with Crippen LogP contribution in [0.15, 0.2) is 35.1 Å². The summed E-state index contributed by atoms with van der Waals surface area (Å²) in [4.78, 5) is 52.0. The first-order valence-corrected chi connectivity index (χ1v) is 16.4. The van der Waals surface area contributed by atoms with E-state index >= 15 is 0 Å². The van der Waals surface area contributed by atoms with E-state index in [4.69, 9.17) is 10.5 Å². The van der Waals surface area contributed by atoms with Gasteiger partial charge in [0, 0.05) is 28.9 Å². The number of aliphatic hydroxyl groups excluding tert-OH is 3. The number of fused-ring (bicyclic) bond motifs is 3. The topological polar surface area (TPSA) is 217 Å². The summed E-state index contributed by atoms with van der Waals surface area (Å²) in [5.74, 6) is -9.27. The number of esters is 1. The number of aliphatic hydroxyl groups is 4. The second-order valence-corrected chi connectivity index (χ2v) is 14.1. The average Bonchev–Trinajstić information content (AvgIpc) is 3.48. The third-order valence-electron chi connectivity index (χ3n) is 8.89. The van der Waals surface area contributed by atoms with Crippen LogP contribution in [0.5, 0.6) is 5.75 Å². The second kappa shape index (κ2) is 12.2. The lowest BCUT2D eigenvalue weighted by Gasteiger charge is -2.52. The minimum absolute atomic E-state index is 0.0724. The van der Waals surface area contributed by atoms with Crippen LogP contribution in [0.25, 0.3) is 5.76 Å². The van der Waals surface area contributed by atoms with Crippen LogP contribution in [0, 0.1) is 11.8 Å². The van der Waals surface area contributed by atoms with Gasteiger partial charge in [-0.2, -0.15) is 0 Å². The molecule has 1 heterocycles. The van der Waals surface area contributed by atoms with Crippen LogP contribution in [-0.4, -0.2) is 84.5 Å². The molecule has 1 aromatic carbocycles. The number of Topliss-reactive ketones (excluding diaryl/α,β-unsaturated/α-hetero) is 2. The SMILES string of the molecule is C[C@H]1c2cccc(O)c2C(O)=C2C(=O)[C@]3(O)C(O)=C(C(N)=O)C(=O)[C@@H](NCOC(=O)CCCC[C@@H]4CCSS4)[C@@H]3[C@@H](O)[C@@H]21. The molecule has 14 heteroatoms. The minimum atomic E-state index is -3.06. The number of benzene rings is 1. The van der Waals surface area contributed by atoms with Gasteiger partial charge in [0.2, 0.25) is 5.78 Å². The van der Waals surface area contributed by atoms with E-state index in [0.29, 0.717) is 17.2 Å². The molecule has 1 aromatic rings. The minimum Gasteiger partial charge on any atom is -0.508 e. The number of hydrogen-bond donors (Lipinski definition) is 7. The molecule has 0 unspecified atom stereocenters. The Kier molecular flexibility index (Phi) is 8.87. The van der Waals surface area contributed by atoms with Gasteiger partial charge in [-0.25, -0.2) is 0 Å². The molecule has 0 bridgehead atoms. The summed E-state index contributed by atoms with van der Waals surface area (Å²) in [6, 6.07) is 2.73. The van der Waals surface area contributed by atoms with Gasteiger partial charge in [0.15, 0.2) is 11.4 Å². The van der Waals surface area contributed by atoms with E-state index in [2.05, 4.69) is 5.32 Å². The fourth-order valence-corrected chi connectivity index (χ4v) is 9.79. The van der Waals surface area contributed by atoms with Gasteiger partial charge >= 0.3 is 5.97 Å². The van der Waals surface area contributed by atoms with Gasteiger partial charge < -0.3 is 36.0 Å². The monoisotopic (exact) mass is 634 g/mol. The highest BCUT2D eigenvalue weighted by Gasteiger charge is 2.67. The van der Waals surface area contributed by atoms with E-state index < -0.39 is 88.3 Å². The molecule has 7 atom stereocenters. The number of rotatable bonds is 9. The van der Waals surface area contributed by atoms with Crippen molar-refractivity contribution in [3.05, 3.63) is 46.2 Å². The molecule has 232 valence electrons. The molecule has 1 aliphatic heterocycles. The van der Waals surface area contributed by atoms with E-state index in [0.717, 1.165) is 25.0 Å². The molecule has 1 saturated heterocycles. The van der Waals surface area contributed by atoms with Gasteiger partial charge in [-0.3, -0.25) is 24.5 Å². The largest absolute Gasteiger partial charge is 0.508 e. The fraction of sp³-hybridized carbons (Fsp3) is 0.517. The van der Waals surface area contributed by atoms with Crippen molar-refractivity contribution in [3.8, 4) is 5.75 Å². The average molecular weight is 635 g/mol. The molecular weight excluding hydrogens is 600 g/mol. The van der Waals surface area contributed by atoms with Crippen molar-refractivity contribution in [2.75, 3.05) is 12.5 Å². The molecule has 12 nitrogen and oxygen atoms in total. The van der Waals surface area contributed by atoms with Crippen LogP contribution < -0.4 is 11.1 Å². The predicted molar refractivity (Wildman–Crippen MR) is 158 cm³/mol. The number of phenols is 1. The van der Waals surface area contributed by atoms with Crippen LogP contribution in [0.4, 0.5) is 0 Å². The predicted octanol–water partition coefficient (Wildman–Crippen LogP) is 1.74. The van der Waals surface area contributed by atoms with Crippen LogP contribution in [0.2, 0.25) is 0 Å². The highest BCUT2D eigenvalue weighted by atomic mass is 33.1. The number of ketones is 2. The molecule has 1 saturated carbocycles. The zero-order valence-electron chi connectivity index (χ0n) is 23.3. The summed E-state index contributed by atoms with van der Waals surface area (Å²) in [5, 5.41) is 59.2. The maximum absolute atomic E-state index is 14.0. The summed E-state index contributed by atoms with van der Waals surface area (Å²) in [6.07, 6.45) is 1.98. The number of aromatic hydroxyl groups is 1. The zero-order chi connectivity index (χ0) is 31.2. The van der Waals surface area contributed by atoms with E-state index in [-0.39, 0.29) is 17.7 Å². The molecule has 1 amide bonds. The maximum Gasteiger partial charge on any atom is 0.307 e. The maximum atomic E-state index is 14.0. The van der Waals surface area contributed by atoms with Crippen LogP contribution in [-0.2, 0) is 23.9 Å². The number of phenolic OH excluding ortho intramolecular Hbond substituents is 1. The highest BCUT2D eigenvalue weighted by Crippen LogP contribution is 2.55. The van der Waals surface area contributed by atoms with Crippen molar-refractivity contribution in [3.63, 3.8) is 0 Å². The lowest BCUT2D eigenvalue weighted by atomic mass is 9.54. The number of carbonyl (C=O) groups is 4. The summed E-state index contributed by atoms with van der Waals surface area (Å²) >= 11 is 0. The van der Waals surface area contributed by atoms with E-state index in [1.165, 1.54) is 12.1 Å². The quantitative estimate of drug-likeness (QED) is 0.0678. The number of primary amides is 1. The fourth-order valence-electron chi connectivity index (χ4n) is 6.76. The molecular formula is C29H34N2O10S2. The van der Waals surface area contributed by atoms with Crippen LogP contribution >= 0.6 is 21.6 Å². The molecule has 0 radical (unpaired) electrons. The Morgan fingerprint density at radius 2 is 1.93 bits per heavy atom. The Morgan fingerprint density at radius 3 is 2.60 bits per heavy atom. The molecule has 8 N–H and O–H groups in total. The normalized spacial score (nSPS) is 31.9. The summed E-state index contributed by atoms with van der Waals surface area (Å²) in [6.45, 7) is 1.08. The van der Waals surface area contributed by atoms with Gasteiger partial charge in [0.1, 0.15) is 29.6 Å². The van der Waals surface area contributed by atoms with E-state index in [1.807, 2.05) is 21.6 Å². The first-order valence-electron chi connectivity index (χ1n) is 14.1. The first-order chi connectivity index (χ1) is 20.4. The second-order valence-electron chi connectivity index (χ2n) is 11.3. The smallest absolute Gasteiger partial charge is 0.307 e. The number of amides is 1. The molecule has 3 aliphatic carbocycles. The zero-order valence-corrected chi connectivity index (χ0v) is 25.0. The number of carbonyl (C=O) groups excluding carboxylic acids is 4. The number of hydrogen-bond acceptors (Lipinski definition) is 13. The number of unbranched alkanes of at least 4 members (excludes halogenated alkanes) is 1. The lowest BCUT2D eigenvalue weighted by molar-refractivity contribution is -0.166. The Balaban J connectivity index is 1.41. The Morgan fingerprint density at radius 1 is 1.19 bits per heavy atom. The van der Waals surface area contributed by atoms with Crippen molar-refractivity contribution in [1.82, 2.24) is 5.32 Å². The molecule has 5 rings (SSSR count). The molecule has 2 fully saturated rings. The summed E-state index contributed by atoms with van der Waals surface area (Å²) < 4.78 is 5.24. The number of nitrogens with one attached hydrogen (secondary N) is 1. The van der Waals surface area contributed by atoms with Crippen molar-refractivity contribution in [2.45, 2.75) is 67.9 Å². The van der Waals surface area contributed by atoms with Crippen molar-refractivity contribution >= 4 is 50.8 Å². The van der Waals surface area contributed by atoms with Crippen molar-refractivity contribution in [2.24, 2.45) is 17.6 Å². The molecule has 43 heavy (non-hydrogen) atoms. The Bertz CT molecular complexity index is 1420. The van der Waals surface area contributed by atoms with E-state index in [1.54, 1.807) is 13.0 Å². The van der Waals surface area contributed by atoms with E-state index in [9.17, 15) is 44.7 Å². The van der Waals surface area contributed by atoms with Gasteiger partial charge in [-0.1, -0.05) is 47.1 Å². The van der Waals surface area contributed by atoms with Crippen LogP contribution in [0.1, 0.15) is 56.1 Å². The Labute approximate surface area is 255 Å². The standard InChI is InChI=1S/C29H34N2O10S2/c1-12-14-6-4-7-15(32)18(14)23(34)19-17(12)24(35)21-22(25(36)20(28(30)39)27(38)29(21,40)26(19)37)31-11-41-16(33)8-3-2-5-13-9-10-42-43-13/h4,6-7,12-13,17,21-22,24,31-32,34-35,38,40H,2-3,5,8-11H2,1H3,(H2,30,39)/t12-,13+,17+,21+,22-,24-,29-/m0/s1. The first kappa shape index (κ1) is 31.4. The van der Waals surface area contributed by atoms with Gasteiger partial charge in [-0.05, 0) is 36.8 Å². The van der Waals surface area contributed by atoms with Gasteiger partial charge in [-0.15, -0.1) is 0 Å². The Hall–Kier alpha value is -3.04. The molecule has 0 spiro atoms. The lowest BCUT2D eigenvalue weighted by Crippen LogP contribution is -2.70. The molecule has 4 aliphatic rings. The molecule has 0 aromatic heterocycles. The van der Waals surface area contributed by atoms with Crippen molar-refractivity contribution in [1.29, 1.82) is 0 Å². The number of ether oxygens (including phenoxy) is 1. The highest BCUT2D eigenvalue weighted by molar-refractivity contribution is 8.77. The third-order valence-corrected chi connectivity index (χ3v) is 11.9. The van der Waals surface area contributed by atoms with Gasteiger partial charge in [0.05, 0.1) is 23.6 Å².